The van der Waals surface area contributed by atoms with Crippen LogP contribution in [0.4, 0.5) is 4.39 Å². The number of carbonyl (C=O) groups excluding carboxylic acids is 1. The molecule has 0 spiro atoms. The van der Waals surface area contributed by atoms with Crippen LogP contribution in [-0.2, 0) is 24.4 Å². The molecule has 5 nitrogen and oxygen atoms in total. The maximum Gasteiger partial charge on any atom is 0.237 e. The van der Waals surface area contributed by atoms with E-state index in [4.69, 9.17) is 4.74 Å². The van der Waals surface area contributed by atoms with E-state index in [0.29, 0.717) is 37.6 Å². The molecule has 2 N–H and O–H groups in total. The number of hydrogen-bond donors (Lipinski definition) is 2. The summed E-state index contributed by atoms with van der Waals surface area (Å²) in [5, 5.41) is 6.69. The Balaban J connectivity index is 1.28. The molecule has 196 valence electrons. The molecule has 1 aliphatic rings. The molecular weight excluding hydrogens is 465 g/mol. The first kappa shape index (κ1) is 26.8. The third-order valence-electron chi connectivity index (χ3n) is 6.70. The molecule has 1 fully saturated rings. The van der Waals surface area contributed by atoms with Gasteiger partial charge in [-0.2, -0.15) is 0 Å². The van der Waals surface area contributed by atoms with Gasteiger partial charge >= 0.3 is 0 Å². The first-order chi connectivity index (χ1) is 18.0. The van der Waals surface area contributed by atoms with E-state index in [0.717, 1.165) is 36.4 Å². The summed E-state index contributed by atoms with van der Waals surface area (Å²) in [6.07, 6.45) is 1.24. The largest absolute Gasteiger partial charge is 0.489 e. The van der Waals surface area contributed by atoms with Crippen molar-refractivity contribution in [2.24, 2.45) is 5.92 Å². The zero-order valence-electron chi connectivity index (χ0n) is 21.8. The Morgan fingerprint density at radius 2 is 1.78 bits per heavy atom. The minimum absolute atomic E-state index is 0.0256. The molecule has 1 aliphatic heterocycles. The van der Waals surface area contributed by atoms with Gasteiger partial charge in [0.05, 0.1) is 6.04 Å². The molecule has 2 atom stereocenters. The molecule has 0 unspecified atom stereocenters. The number of likely N-dealkylation sites (tertiary alicyclic amines) is 1. The fourth-order valence-corrected chi connectivity index (χ4v) is 4.88. The zero-order chi connectivity index (χ0) is 26.0. The van der Waals surface area contributed by atoms with Crippen LogP contribution in [0.15, 0.2) is 78.9 Å². The Hall–Kier alpha value is -3.22. The lowest BCUT2D eigenvalue weighted by Gasteiger charge is -2.25. The fraction of sp³-hybridized carbons (Fsp3) is 0.387. The fourth-order valence-electron chi connectivity index (χ4n) is 4.88. The van der Waals surface area contributed by atoms with Crippen molar-refractivity contribution in [1.29, 1.82) is 0 Å². The molecule has 0 aliphatic carbocycles. The molecule has 0 saturated carbocycles. The number of carbonyl (C=O) groups is 1. The monoisotopic (exact) mass is 503 g/mol. The van der Waals surface area contributed by atoms with E-state index in [2.05, 4.69) is 53.6 Å². The second-order valence-electron chi connectivity index (χ2n) is 10.2. The highest BCUT2D eigenvalue weighted by atomic mass is 19.1. The summed E-state index contributed by atoms with van der Waals surface area (Å²) in [6, 6.07) is 25.1. The van der Waals surface area contributed by atoms with Crippen molar-refractivity contribution in [1.82, 2.24) is 15.5 Å². The van der Waals surface area contributed by atoms with Gasteiger partial charge in [0.2, 0.25) is 5.91 Å². The van der Waals surface area contributed by atoms with Crippen LogP contribution < -0.4 is 15.4 Å². The number of hydrogen-bond acceptors (Lipinski definition) is 4. The van der Waals surface area contributed by atoms with Crippen LogP contribution in [0.1, 0.15) is 37.0 Å². The van der Waals surface area contributed by atoms with E-state index >= 15 is 0 Å². The number of ether oxygens (including phenoxy) is 1. The van der Waals surface area contributed by atoms with E-state index in [1.54, 1.807) is 12.1 Å². The summed E-state index contributed by atoms with van der Waals surface area (Å²) in [4.78, 5) is 15.4. The van der Waals surface area contributed by atoms with E-state index in [1.165, 1.54) is 6.07 Å². The molecule has 1 amide bonds. The van der Waals surface area contributed by atoms with Gasteiger partial charge < -0.3 is 15.4 Å². The second-order valence-corrected chi connectivity index (χ2v) is 10.2. The number of rotatable bonds is 12. The van der Waals surface area contributed by atoms with E-state index in [9.17, 15) is 9.18 Å². The Kier molecular flexibility index (Phi) is 9.69. The van der Waals surface area contributed by atoms with Crippen LogP contribution in [-0.4, -0.2) is 42.5 Å². The highest BCUT2D eigenvalue weighted by molar-refractivity contribution is 5.82. The zero-order valence-corrected chi connectivity index (χ0v) is 21.8. The lowest BCUT2D eigenvalue weighted by Crippen LogP contribution is -2.45. The van der Waals surface area contributed by atoms with Crippen molar-refractivity contribution in [2.45, 2.75) is 51.9 Å². The van der Waals surface area contributed by atoms with Crippen molar-refractivity contribution >= 4 is 5.91 Å². The first-order valence-electron chi connectivity index (χ1n) is 13.2. The lowest BCUT2D eigenvalue weighted by atomic mass is 10.1. The molecular formula is C31H38FN3O2. The molecule has 3 aromatic rings. The quantitative estimate of drug-likeness (QED) is 0.367. The Labute approximate surface area is 220 Å². The van der Waals surface area contributed by atoms with Crippen LogP contribution in [0.3, 0.4) is 0 Å². The molecule has 0 aromatic heterocycles. The number of benzene rings is 3. The van der Waals surface area contributed by atoms with Crippen molar-refractivity contribution in [2.75, 3.05) is 19.6 Å². The van der Waals surface area contributed by atoms with Crippen LogP contribution in [0.2, 0.25) is 0 Å². The Bertz CT molecular complexity index is 1140. The number of nitrogens with zero attached hydrogens (tertiary/aromatic N) is 1. The summed E-state index contributed by atoms with van der Waals surface area (Å²) < 4.78 is 19.9. The molecule has 0 radical (unpaired) electrons. The van der Waals surface area contributed by atoms with Crippen molar-refractivity contribution in [3.63, 3.8) is 0 Å². The van der Waals surface area contributed by atoms with Crippen molar-refractivity contribution < 1.29 is 13.9 Å². The highest BCUT2D eigenvalue weighted by Crippen LogP contribution is 2.21. The van der Waals surface area contributed by atoms with Gasteiger partial charge in [-0.1, -0.05) is 74.5 Å². The summed E-state index contributed by atoms with van der Waals surface area (Å²) in [6.45, 7) is 7.73. The topological polar surface area (TPSA) is 53.6 Å². The maximum atomic E-state index is 13.9. The molecule has 37 heavy (non-hydrogen) atoms. The summed E-state index contributed by atoms with van der Waals surface area (Å²) in [7, 11) is 0. The molecule has 0 bridgehead atoms. The van der Waals surface area contributed by atoms with Crippen LogP contribution >= 0.6 is 0 Å². The van der Waals surface area contributed by atoms with Crippen molar-refractivity contribution in [3.05, 3.63) is 101 Å². The number of nitrogens with one attached hydrogen (secondary N) is 2. The SMILES string of the molecule is CC(C)CN1C[C@H](NCc2cccc(OCc3ccccc3)c2)C[C@H]1C(=O)NCCc1ccccc1F. The van der Waals surface area contributed by atoms with Gasteiger partial charge in [-0.3, -0.25) is 9.69 Å². The summed E-state index contributed by atoms with van der Waals surface area (Å²) >= 11 is 0. The molecule has 1 heterocycles. The summed E-state index contributed by atoms with van der Waals surface area (Å²) in [5.41, 5.74) is 2.92. The Morgan fingerprint density at radius 3 is 2.57 bits per heavy atom. The molecule has 1 saturated heterocycles. The second kappa shape index (κ2) is 13.4. The standard InChI is InChI=1S/C31H38FN3O2/c1-23(2)20-35-21-27(18-30(35)31(36)33-16-15-26-12-6-7-14-29(26)32)34-19-25-11-8-13-28(17-25)37-22-24-9-4-3-5-10-24/h3-14,17,23,27,30,34H,15-16,18-22H2,1-2H3,(H,33,36)/t27-,30+/m1/s1. The molecule has 6 heteroatoms. The normalized spacial score (nSPS) is 17.7. The third-order valence-corrected chi connectivity index (χ3v) is 6.70. The summed E-state index contributed by atoms with van der Waals surface area (Å²) in [5.74, 6) is 1.12. The van der Waals surface area contributed by atoms with Gasteiger partial charge in [-0.25, -0.2) is 4.39 Å². The van der Waals surface area contributed by atoms with Gasteiger partial charge in [0, 0.05) is 32.2 Å². The van der Waals surface area contributed by atoms with Gasteiger partial charge in [0.25, 0.3) is 0 Å². The first-order valence-corrected chi connectivity index (χ1v) is 13.2. The van der Waals surface area contributed by atoms with E-state index in [-0.39, 0.29) is 23.8 Å². The smallest absolute Gasteiger partial charge is 0.237 e. The van der Waals surface area contributed by atoms with Crippen LogP contribution in [0.5, 0.6) is 5.75 Å². The predicted molar refractivity (Wildman–Crippen MR) is 146 cm³/mol. The number of amides is 1. The van der Waals surface area contributed by atoms with E-state index in [1.807, 2.05) is 36.4 Å². The minimum Gasteiger partial charge on any atom is -0.489 e. The van der Waals surface area contributed by atoms with E-state index < -0.39 is 0 Å². The predicted octanol–water partition coefficient (Wildman–Crippen LogP) is 4.95. The average Bonchev–Trinajstić information content (AvgIpc) is 3.30. The lowest BCUT2D eigenvalue weighted by molar-refractivity contribution is -0.125. The Morgan fingerprint density at radius 1 is 1.03 bits per heavy atom. The molecule has 3 aromatic carbocycles. The molecule has 4 rings (SSSR count). The van der Waals surface area contributed by atoms with Crippen molar-refractivity contribution in [3.8, 4) is 5.75 Å². The number of halogens is 1. The minimum atomic E-state index is -0.224. The van der Waals surface area contributed by atoms with Gasteiger partial charge in [0.1, 0.15) is 18.2 Å². The maximum absolute atomic E-state index is 13.9. The van der Waals surface area contributed by atoms with Crippen LogP contribution in [0.25, 0.3) is 0 Å². The third kappa shape index (κ3) is 8.14. The highest BCUT2D eigenvalue weighted by Gasteiger charge is 2.36. The van der Waals surface area contributed by atoms with Gasteiger partial charge in [-0.15, -0.1) is 0 Å². The van der Waals surface area contributed by atoms with Gasteiger partial charge in [-0.05, 0) is 53.6 Å². The average molecular weight is 504 g/mol. The van der Waals surface area contributed by atoms with Crippen LogP contribution in [0, 0.1) is 11.7 Å². The van der Waals surface area contributed by atoms with Gasteiger partial charge in [0.15, 0.2) is 0 Å².